The molecule has 0 aliphatic heterocycles. The number of nitrogens with one attached hydrogen (secondary N) is 3. The molecule has 6 nitrogen and oxygen atoms in total. The molecule has 0 saturated heterocycles. The van der Waals surface area contributed by atoms with Crippen molar-refractivity contribution in [3.63, 3.8) is 0 Å². The summed E-state index contributed by atoms with van der Waals surface area (Å²) in [6.07, 6.45) is 0. The Morgan fingerprint density at radius 3 is 2.45 bits per heavy atom. The normalized spacial score (nSPS) is 14.5. The van der Waals surface area contributed by atoms with Gasteiger partial charge in [0.2, 0.25) is 0 Å². The fourth-order valence-corrected chi connectivity index (χ4v) is 2.97. The van der Waals surface area contributed by atoms with E-state index in [1.165, 1.54) is 0 Å². The fourth-order valence-electron chi connectivity index (χ4n) is 1.65. The lowest BCUT2D eigenvalue weighted by Crippen LogP contribution is -2.34. The molecule has 0 aliphatic rings. The zero-order chi connectivity index (χ0) is 15.6. The van der Waals surface area contributed by atoms with Crippen LogP contribution in [0.2, 0.25) is 0 Å². The van der Waals surface area contributed by atoms with E-state index in [1.807, 2.05) is 13.8 Å². The predicted molar refractivity (Wildman–Crippen MR) is 79.9 cm³/mol. The molecule has 20 heavy (non-hydrogen) atoms. The minimum Gasteiger partial charge on any atom is -0.316 e. The van der Waals surface area contributed by atoms with Crippen LogP contribution in [0.15, 0.2) is 5.03 Å². The van der Waals surface area contributed by atoms with Crippen LogP contribution in [0.4, 0.5) is 0 Å². The molecular weight excluding hydrogens is 276 g/mol. The number of H-pyrrole nitrogens is 1. The van der Waals surface area contributed by atoms with Gasteiger partial charge in [0, 0.05) is 24.3 Å². The Hall–Kier alpha value is -0.920. The molecule has 0 radical (unpaired) electrons. The number of aryl methyl sites for hydroxylation is 1. The van der Waals surface area contributed by atoms with Gasteiger partial charge in [0.1, 0.15) is 0 Å². The van der Waals surface area contributed by atoms with E-state index in [4.69, 9.17) is 0 Å². The summed E-state index contributed by atoms with van der Waals surface area (Å²) >= 11 is 0. The number of hydrogen-bond acceptors (Lipinski definition) is 4. The van der Waals surface area contributed by atoms with Crippen molar-refractivity contribution in [2.24, 2.45) is 11.3 Å². The Morgan fingerprint density at radius 1 is 1.35 bits per heavy atom. The third-order valence-corrected chi connectivity index (χ3v) is 5.10. The van der Waals surface area contributed by atoms with Crippen LogP contribution < -0.4 is 10.0 Å². The van der Waals surface area contributed by atoms with Gasteiger partial charge in [-0.05, 0) is 25.3 Å². The van der Waals surface area contributed by atoms with E-state index in [1.54, 1.807) is 7.05 Å². The maximum atomic E-state index is 12.4. The average molecular weight is 302 g/mol. The molecule has 0 spiro atoms. The minimum absolute atomic E-state index is 0.0534. The van der Waals surface area contributed by atoms with Gasteiger partial charge < -0.3 is 5.32 Å². The smallest absolute Gasteiger partial charge is 0.260 e. The van der Waals surface area contributed by atoms with E-state index < -0.39 is 10.0 Å². The molecule has 0 aliphatic carbocycles. The van der Waals surface area contributed by atoms with E-state index >= 15 is 0 Å². The van der Waals surface area contributed by atoms with Gasteiger partial charge in [-0.2, -0.15) is 5.10 Å². The Bertz CT molecular complexity index is 543. The molecule has 0 amide bonds. The first-order valence-corrected chi connectivity index (χ1v) is 8.26. The van der Waals surface area contributed by atoms with Crippen LogP contribution in [0.25, 0.3) is 0 Å². The maximum Gasteiger partial charge on any atom is 0.260 e. The van der Waals surface area contributed by atoms with Gasteiger partial charge in [-0.25, -0.2) is 13.1 Å². The van der Waals surface area contributed by atoms with E-state index in [9.17, 15) is 8.42 Å². The van der Waals surface area contributed by atoms with Crippen molar-refractivity contribution >= 4 is 10.0 Å². The summed E-state index contributed by atoms with van der Waals surface area (Å²) in [4.78, 5) is 0. The third kappa shape index (κ3) is 4.04. The van der Waals surface area contributed by atoms with Crippen molar-refractivity contribution in [1.82, 2.24) is 20.2 Å². The standard InChI is InChI=1S/C13H26N4O2S/c1-9(13(3,4)5)7-15-20(18,19)12-11(8-14-6)10(2)16-17-12/h9,14-15H,7-8H2,1-6H3,(H,16,17). The quantitative estimate of drug-likeness (QED) is 0.741. The Morgan fingerprint density at radius 2 is 1.95 bits per heavy atom. The van der Waals surface area contributed by atoms with E-state index in [0.717, 1.165) is 5.69 Å². The topological polar surface area (TPSA) is 86.9 Å². The summed E-state index contributed by atoms with van der Waals surface area (Å²) in [6.45, 7) is 11.0. The van der Waals surface area contributed by atoms with Crippen molar-refractivity contribution < 1.29 is 8.42 Å². The van der Waals surface area contributed by atoms with Crippen molar-refractivity contribution in [2.45, 2.75) is 46.2 Å². The highest BCUT2D eigenvalue weighted by Gasteiger charge is 2.26. The number of sulfonamides is 1. The number of rotatable bonds is 6. The van der Waals surface area contributed by atoms with Crippen molar-refractivity contribution in [1.29, 1.82) is 0 Å². The number of aromatic amines is 1. The third-order valence-electron chi connectivity index (χ3n) is 3.70. The van der Waals surface area contributed by atoms with Crippen LogP contribution in [0.3, 0.4) is 0 Å². The van der Waals surface area contributed by atoms with Crippen molar-refractivity contribution in [3.05, 3.63) is 11.3 Å². The molecule has 1 rings (SSSR count). The molecule has 0 fully saturated rings. The molecule has 0 saturated carbocycles. The monoisotopic (exact) mass is 302 g/mol. The zero-order valence-electron chi connectivity index (χ0n) is 13.2. The zero-order valence-corrected chi connectivity index (χ0v) is 14.0. The number of hydrogen-bond donors (Lipinski definition) is 3. The lowest BCUT2D eigenvalue weighted by molar-refractivity contribution is 0.263. The molecule has 0 aromatic carbocycles. The lowest BCUT2D eigenvalue weighted by atomic mass is 9.82. The van der Waals surface area contributed by atoms with Gasteiger partial charge in [0.25, 0.3) is 10.0 Å². The van der Waals surface area contributed by atoms with Crippen LogP contribution in [-0.2, 0) is 16.6 Å². The first kappa shape index (κ1) is 17.1. The summed E-state index contributed by atoms with van der Waals surface area (Å²) in [5.74, 6) is 0.227. The van der Waals surface area contributed by atoms with Crippen LogP contribution in [-0.4, -0.2) is 32.2 Å². The van der Waals surface area contributed by atoms with Gasteiger partial charge in [-0.3, -0.25) is 5.10 Å². The van der Waals surface area contributed by atoms with Gasteiger partial charge >= 0.3 is 0 Å². The molecule has 1 heterocycles. The van der Waals surface area contributed by atoms with Gasteiger partial charge in [-0.1, -0.05) is 27.7 Å². The largest absolute Gasteiger partial charge is 0.316 e. The van der Waals surface area contributed by atoms with E-state index in [-0.39, 0.29) is 16.4 Å². The first-order valence-electron chi connectivity index (χ1n) is 6.77. The van der Waals surface area contributed by atoms with Crippen LogP contribution in [0, 0.1) is 18.3 Å². The number of nitrogens with zero attached hydrogens (tertiary/aromatic N) is 1. The average Bonchev–Trinajstić information content (AvgIpc) is 2.68. The maximum absolute atomic E-state index is 12.4. The molecule has 116 valence electrons. The van der Waals surface area contributed by atoms with E-state index in [2.05, 4.69) is 41.0 Å². The minimum atomic E-state index is -3.58. The molecule has 1 aromatic rings. The summed E-state index contributed by atoms with van der Waals surface area (Å²) in [7, 11) is -1.80. The second-order valence-electron chi connectivity index (χ2n) is 6.28. The van der Waals surface area contributed by atoms with Crippen LogP contribution in [0.1, 0.15) is 39.0 Å². The molecule has 0 bridgehead atoms. The summed E-state index contributed by atoms with van der Waals surface area (Å²) in [5, 5.41) is 9.72. The molecule has 3 N–H and O–H groups in total. The first-order chi connectivity index (χ1) is 9.09. The van der Waals surface area contributed by atoms with E-state index in [0.29, 0.717) is 18.7 Å². The van der Waals surface area contributed by atoms with Gasteiger partial charge in [-0.15, -0.1) is 0 Å². The molecule has 7 heteroatoms. The number of aromatic nitrogens is 2. The molecule has 1 atom stereocenters. The molecular formula is C13H26N4O2S. The highest BCUT2D eigenvalue weighted by molar-refractivity contribution is 7.89. The summed E-state index contributed by atoms with van der Waals surface area (Å²) in [5.41, 5.74) is 1.50. The van der Waals surface area contributed by atoms with Crippen LogP contribution in [0.5, 0.6) is 0 Å². The fraction of sp³-hybridized carbons (Fsp3) is 0.769. The van der Waals surface area contributed by atoms with Crippen LogP contribution >= 0.6 is 0 Å². The Labute approximate surface area is 121 Å². The Kier molecular flexibility index (Phi) is 5.34. The van der Waals surface area contributed by atoms with Crippen molar-refractivity contribution in [3.8, 4) is 0 Å². The predicted octanol–water partition coefficient (Wildman–Crippen LogP) is 1.40. The highest BCUT2D eigenvalue weighted by Crippen LogP contribution is 2.25. The second-order valence-corrected chi connectivity index (χ2v) is 7.96. The Balaban J connectivity index is 2.90. The van der Waals surface area contributed by atoms with Gasteiger partial charge in [0.15, 0.2) is 5.03 Å². The van der Waals surface area contributed by atoms with Gasteiger partial charge in [0.05, 0.1) is 0 Å². The molecule has 1 aromatic heterocycles. The SMILES string of the molecule is CNCc1c(S(=O)(=O)NCC(C)C(C)(C)C)n[nH]c1C. The summed E-state index contributed by atoms with van der Waals surface area (Å²) < 4.78 is 27.4. The lowest BCUT2D eigenvalue weighted by Gasteiger charge is -2.27. The summed E-state index contributed by atoms with van der Waals surface area (Å²) in [6, 6.07) is 0. The second kappa shape index (κ2) is 6.24. The van der Waals surface area contributed by atoms with Crippen molar-refractivity contribution in [2.75, 3.05) is 13.6 Å². The molecule has 1 unspecified atom stereocenters. The highest BCUT2D eigenvalue weighted by atomic mass is 32.2.